The van der Waals surface area contributed by atoms with E-state index in [4.69, 9.17) is 0 Å². The van der Waals surface area contributed by atoms with E-state index in [1.165, 1.54) is 11.8 Å². The smallest absolute Gasteiger partial charge is 0.292 e. The van der Waals surface area contributed by atoms with Gasteiger partial charge in [-0.2, -0.15) is 0 Å². The van der Waals surface area contributed by atoms with Gasteiger partial charge in [0.1, 0.15) is 5.69 Å². The monoisotopic (exact) mass is 292 g/mol. The topological polar surface area (TPSA) is 80.6 Å². The number of nitrogens with zero attached hydrogens (tertiary/aromatic N) is 3. The lowest BCUT2D eigenvalue weighted by molar-refractivity contribution is 0.0983. The number of carbonyl (C=O) groups excluding carboxylic acids is 1. The molecule has 2 rings (SSSR count). The van der Waals surface area contributed by atoms with Crippen molar-refractivity contribution >= 4 is 17.5 Å². The van der Waals surface area contributed by atoms with Crippen LogP contribution in [0, 0.1) is 0 Å². The van der Waals surface area contributed by atoms with Crippen LogP contribution < -0.4 is 5.69 Å². The molecule has 0 aliphatic rings. The molecule has 0 aromatic carbocycles. The summed E-state index contributed by atoms with van der Waals surface area (Å²) in [4.78, 5) is 28.1. The molecule has 2 aromatic heterocycles. The normalized spacial score (nSPS) is 11.0. The van der Waals surface area contributed by atoms with Gasteiger partial charge in [0.2, 0.25) is 0 Å². The quantitative estimate of drug-likeness (QED) is 0.855. The van der Waals surface area contributed by atoms with Gasteiger partial charge in [0, 0.05) is 23.6 Å². The molecule has 0 aliphatic heterocycles. The molecule has 0 bridgehead atoms. The number of rotatable bonds is 5. The third kappa shape index (κ3) is 2.98. The zero-order chi connectivity index (χ0) is 14.7. The van der Waals surface area contributed by atoms with Crippen molar-refractivity contribution in [2.75, 3.05) is 0 Å². The van der Waals surface area contributed by atoms with Crippen LogP contribution in [-0.4, -0.2) is 25.5 Å². The van der Waals surface area contributed by atoms with Gasteiger partial charge in [0.25, 0.3) is 0 Å². The van der Waals surface area contributed by atoms with Gasteiger partial charge in [-0.1, -0.05) is 6.92 Å². The molecule has 0 radical (unpaired) electrons. The number of ketones is 1. The maximum atomic E-state index is 11.6. The van der Waals surface area contributed by atoms with Gasteiger partial charge in [-0.3, -0.25) is 14.3 Å². The highest BCUT2D eigenvalue weighted by atomic mass is 32.2. The van der Waals surface area contributed by atoms with Crippen molar-refractivity contribution in [3.63, 3.8) is 0 Å². The summed E-state index contributed by atoms with van der Waals surface area (Å²) in [6.45, 7) is 5.64. The standard InChI is InChI=1S/C13H16N4O2S/c1-4-11(18)10-6-5-9(7-14-10)20-13-16-15-12(19)17(13)8(2)3/h5-8H,4H2,1-3H3,(H,15,19). The number of H-pyrrole nitrogens is 1. The van der Waals surface area contributed by atoms with E-state index in [0.717, 1.165) is 4.90 Å². The number of pyridine rings is 1. The van der Waals surface area contributed by atoms with Gasteiger partial charge in [0.15, 0.2) is 10.9 Å². The SMILES string of the molecule is CCC(=O)c1ccc(Sc2n[nH]c(=O)n2C(C)C)cn1. The molecule has 2 heterocycles. The number of carbonyl (C=O) groups is 1. The summed E-state index contributed by atoms with van der Waals surface area (Å²) >= 11 is 1.34. The molecule has 0 fully saturated rings. The Morgan fingerprint density at radius 3 is 2.75 bits per heavy atom. The molecule has 0 spiro atoms. The second-order valence-electron chi connectivity index (χ2n) is 4.53. The van der Waals surface area contributed by atoms with Crippen molar-refractivity contribution in [2.45, 2.75) is 43.3 Å². The van der Waals surface area contributed by atoms with Gasteiger partial charge in [-0.05, 0) is 37.7 Å². The third-order valence-electron chi connectivity index (χ3n) is 2.74. The molecule has 0 amide bonds. The summed E-state index contributed by atoms with van der Waals surface area (Å²) in [5.74, 6) is 0.0143. The third-order valence-corrected chi connectivity index (χ3v) is 3.69. The molecule has 20 heavy (non-hydrogen) atoms. The Morgan fingerprint density at radius 2 is 2.20 bits per heavy atom. The van der Waals surface area contributed by atoms with Gasteiger partial charge >= 0.3 is 5.69 Å². The molecule has 0 unspecified atom stereocenters. The zero-order valence-electron chi connectivity index (χ0n) is 11.6. The Morgan fingerprint density at radius 1 is 1.45 bits per heavy atom. The van der Waals surface area contributed by atoms with E-state index in [2.05, 4.69) is 15.2 Å². The summed E-state index contributed by atoms with van der Waals surface area (Å²) in [5.41, 5.74) is 0.230. The van der Waals surface area contributed by atoms with Crippen LogP contribution >= 0.6 is 11.8 Å². The first kappa shape index (κ1) is 14.5. The summed E-state index contributed by atoms with van der Waals surface area (Å²) in [6, 6.07) is 3.53. The average Bonchev–Trinajstić information content (AvgIpc) is 2.79. The van der Waals surface area contributed by atoms with Crippen molar-refractivity contribution in [3.05, 3.63) is 34.5 Å². The summed E-state index contributed by atoms with van der Waals surface area (Å²) in [5, 5.41) is 7.02. The number of Topliss-reactive ketones (excluding diaryl/α,β-unsaturated/α-hetero) is 1. The fourth-order valence-electron chi connectivity index (χ4n) is 1.71. The molecule has 0 saturated carbocycles. The van der Waals surface area contributed by atoms with E-state index in [1.54, 1.807) is 23.8 Å². The lowest BCUT2D eigenvalue weighted by Gasteiger charge is -2.08. The van der Waals surface area contributed by atoms with Crippen molar-refractivity contribution in [2.24, 2.45) is 0 Å². The Kier molecular flexibility index (Phi) is 4.39. The fourth-order valence-corrected chi connectivity index (χ4v) is 2.65. The van der Waals surface area contributed by atoms with Crippen LogP contribution in [0.15, 0.2) is 33.2 Å². The van der Waals surface area contributed by atoms with Crippen molar-refractivity contribution in [3.8, 4) is 0 Å². The molecule has 1 N–H and O–H groups in total. The lowest BCUT2D eigenvalue weighted by Crippen LogP contribution is -2.19. The predicted octanol–water partition coefficient (Wildman–Crippen LogP) is 2.29. The number of hydrogen-bond donors (Lipinski definition) is 1. The fraction of sp³-hybridized carbons (Fsp3) is 0.385. The van der Waals surface area contributed by atoms with Crippen LogP contribution in [0.3, 0.4) is 0 Å². The van der Waals surface area contributed by atoms with Crippen LogP contribution in [0.5, 0.6) is 0 Å². The lowest BCUT2D eigenvalue weighted by atomic mass is 10.2. The van der Waals surface area contributed by atoms with Crippen molar-refractivity contribution < 1.29 is 4.79 Å². The Balaban J connectivity index is 2.23. The van der Waals surface area contributed by atoms with E-state index in [-0.39, 0.29) is 17.5 Å². The molecular formula is C13H16N4O2S. The molecule has 7 heteroatoms. The Labute approximate surface area is 120 Å². The van der Waals surface area contributed by atoms with Crippen molar-refractivity contribution in [1.82, 2.24) is 19.7 Å². The number of aromatic amines is 1. The molecule has 0 aliphatic carbocycles. The Hall–Kier alpha value is -1.89. The summed E-state index contributed by atoms with van der Waals surface area (Å²) in [6.07, 6.45) is 2.06. The van der Waals surface area contributed by atoms with Crippen LogP contribution in [0.1, 0.15) is 43.7 Å². The zero-order valence-corrected chi connectivity index (χ0v) is 12.4. The molecule has 6 nitrogen and oxygen atoms in total. The van der Waals surface area contributed by atoms with Crippen LogP contribution in [0.2, 0.25) is 0 Å². The molecule has 106 valence electrons. The molecule has 2 aromatic rings. The van der Waals surface area contributed by atoms with E-state index in [1.807, 2.05) is 19.9 Å². The van der Waals surface area contributed by atoms with Crippen LogP contribution in [0.25, 0.3) is 0 Å². The Bertz CT molecular complexity index is 658. The molecule has 0 saturated heterocycles. The minimum atomic E-state index is -0.228. The first-order valence-corrected chi connectivity index (χ1v) is 7.18. The maximum absolute atomic E-state index is 11.6. The predicted molar refractivity (Wildman–Crippen MR) is 76.2 cm³/mol. The second-order valence-corrected chi connectivity index (χ2v) is 5.57. The van der Waals surface area contributed by atoms with Gasteiger partial charge < -0.3 is 0 Å². The highest BCUT2D eigenvalue weighted by Gasteiger charge is 2.13. The average molecular weight is 292 g/mol. The summed E-state index contributed by atoms with van der Waals surface area (Å²) < 4.78 is 1.58. The van der Waals surface area contributed by atoms with Crippen LogP contribution in [0.4, 0.5) is 0 Å². The van der Waals surface area contributed by atoms with Crippen molar-refractivity contribution in [1.29, 1.82) is 0 Å². The summed E-state index contributed by atoms with van der Waals surface area (Å²) in [7, 11) is 0. The van der Waals surface area contributed by atoms with Gasteiger partial charge in [-0.15, -0.1) is 5.10 Å². The maximum Gasteiger partial charge on any atom is 0.344 e. The minimum absolute atomic E-state index is 0.0143. The first-order chi connectivity index (χ1) is 9.52. The molecular weight excluding hydrogens is 276 g/mol. The van der Waals surface area contributed by atoms with Gasteiger partial charge in [0.05, 0.1) is 0 Å². The van der Waals surface area contributed by atoms with E-state index >= 15 is 0 Å². The van der Waals surface area contributed by atoms with E-state index < -0.39 is 0 Å². The highest BCUT2D eigenvalue weighted by molar-refractivity contribution is 7.99. The number of aromatic nitrogens is 4. The number of hydrogen-bond acceptors (Lipinski definition) is 5. The molecule has 0 atom stereocenters. The van der Waals surface area contributed by atoms with E-state index in [0.29, 0.717) is 17.3 Å². The van der Waals surface area contributed by atoms with Gasteiger partial charge in [-0.25, -0.2) is 9.89 Å². The minimum Gasteiger partial charge on any atom is -0.292 e. The second kappa shape index (κ2) is 6.04. The van der Waals surface area contributed by atoms with Crippen LogP contribution in [-0.2, 0) is 0 Å². The highest BCUT2D eigenvalue weighted by Crippen LogP contribution is 2.25. The number of nitrogens with one attached hydrogen (secondary N) is 1. The van der Waals surface area contributed by atoms with E-state index in [9.17, 15) is 9.59 Å². The first-order valence-electron chi connectivity index (χ1n) is 6.37. The largest absolute Gasteiger partial charge is 0.344 e.